The molecule has 39 heavy (non-hydrogen) atoms. The lowest BCUT2D eigenvalue weighted by atomic mass is 9.95. The Kier molecular flexibility index (Phi) is 9.92. The fraction of sp³-hybridized carbons (Fsp3) is 0.433. The number of aryl methyl sites for hydroxylation is 1. The van der Waals surface area contributed by atoms with Gasteiger partial charge in [0.05, 0.1) is 19.3 Å². The Balaban J connectivity index is 1.67. The molecule has 0 saturated carbocycles. The van der Waals surface area contributed by atoms with Crippen LogP contribution in [0.4, 0.5) is 5.95 Å². The number of carbonyl (C=O) groups is 1. The van der Waals surface area contributed by atoms with Gasteiger partial charge in [-0.25, -0.2) is 9.48 Å². The van der Waals surface area contributed by atoms with E-state index in [-0.39, 0.29) is 5.97 Å². The van der Waals surface area contributed by atoms with E-state index in [2.05, 4.69) is 50.4 Å². The smallest absolute Gasteiger partial charge is 0.338 e. The molecular formula is C30H38N4O4S. The summed E-state index contributed by atoms with van der Waals surface area (Å²) < 4.78 is 19.3. The van der Waals surface area contributed by atoms with Crippen LogP contribution in [0.2, 0.25) is 0 Å². The summed E-state index contributed by atoms with van der Waals surface area (Å²) in [6.45, 7) is 8.96. The van der Waals surface area contributed by atoms with Crippen LogP contribution in [0, 0.1) is 6.92 Å². The number of allylic oxidation sites excluding steroid dienone is 1. The van der Waals surface area contributed by atoms with Crippen molar-refractivity contribution in [3.63, 3.8) is 0 Å². The highest BCUT2D eigenvalue weighted by atomic mass is 32.2. The van der Waals surface area contributed by atoms with Crippen LogP contribution in [-0.2, 0) is 16.1 Å². The second-order valence-electron chi connectivity index (χ2n) is 9.60. The summed E-state index contributed by atoms with van der Waals surface area (Å²) in [6, 6.07) is 13.5. The first kappa shape index (κ1) is 28.5. The van der Waals surface area contributed by atoms with E-state index in [1.54, 1.807) is 23.6 Å². The van der Waals surface area contributed by atoms with E-state index < -0.39 is 6.04 Å². The zero-order valence-corrected chi connectivity index (χ0v) is 24.3. The number of hydrogen-bond donors (Lipinski definition) is 1. The Morgan fingerprint density at radius 2 is 1.82 bits per heavy atom. The molecule has 1 aliphatic rings. The molecule has 9 heteroatoms. The number of anilines is 1. The van der Waals surface area contributed by atoms with E-state index in [1.165, 1.54) is 5.56 Å². The molecule has 3 aromatic rings. The molecule has 0 bridgehead atoms. The van der Waals surface area contributed by atoms with Crippen molar-refractivity contribution in [2.45, 2.75) is 71.2 Å². The van der Waals surface area contributed by atoms with Crippen molar-refractivity contribution in [1.29, 1.82) is 0 Å². The molecule has 0 radical (unpaired) electrons. The fourth-order valence-corrected chi connectivity index (χ4v) is 5.19. The number of unbranched alkanes of at least 4 members (excludes halogenated alkanes) is 2. The molecule has 0 aliphatic carbocycles. The monoisotopic (exact) mass is 550 g/mol. The molecule has 0 saturated heterocycles. The minimum atomic E-state index is -0.525. The number of nitrogens with one attached hydrogen (secondary N) is 1. The summed E-state index contributed by atoms with van der Waals surface area (Å²) in [5, 5.41) is 8.75. The lowest BCUT2D eigenvalue weighted by Crippen LogP contribution is -2.29. The predicted octanol–water partition coefficient (Wildman–Crippen LogP) is 6.70. The van der Waals surface area contributed by atoms with E-state index in [1.807, 2.05) is 25.1 Å². The summed E-state index contributed by atoms with van der Waals surface area (Å²) in [6.07, 6.45) is 3.94. The molecule has 1 aliphatic heterocycles. The average molecular weight is 551 g/mol. The zero-order valence-electron chi connectivity index (χ0n) is 23.5. The summed E-state index contributed by atoms with van der Waals surface area (Å²) in [7, 11) is 1.62. The third-order valence-electron chi connectivity index (χ3n) is 6.53. The number of fused-ring (bicyclic) bond motifs is 1. The van der Waals surface area contributed by atoms with Crippen LogP contribution in [0.3, 0.4) is 0 Å². The van der Waals surface area contributed by atoms with Gasteiger partial charge in [0, 0.05) is 11.4 Å². The molecule has 2 heterocycles. The number of esters is 1. The van der Waals surface area contributed by atoms with Gasteiger partial charge in [-0.2, -0.15) is 4.98 Å². The average Bonchev–Trinajstić information content (AvgIpc) is 3.34. The van der Waals surface area contributed by atoms with E-state index >= 15 is 0 Å². The molecule has 208 valence electrons. The number of carbonyl (C=O) groups excluding carboxylic acids is 1. The topological polar surface area (TPSA) is 87.5 Å². The van der Waals surface area contributed by atoms with Gasteiger partial charge in [-0.05, 0) is 49.9 Å². The number of benzene rings is 2. The second kappa shape index (κ2) is 13.6. The summed E-state index contributed by atoms with van der Waals surface area (Å²) in [5.41, 5.74) is 4.30. The van der Waals surface area contributed by atoms with Crippen molar-refractivity contribution >= 4 is 23.7 Å². The molecule has 2 aromatic carbocycles. The predicted molar refractivity (Wildman–Crippen MR) is 154 cm³/mol. The maximum absolute atomic E-state index is 13.4. The molecule has 1 N–H and O–H groups in total. The highest BCUT2D eigenvalue weighted by Crippen LogP contribution is 2.40. The first-order valence-corrected chi connectivity index (χ1v) is 14.5. The number of rotatable bonds is 13. The van der Waals surface area contributed by atoms with E-state index in [9.17, 15) is 4.79 Å². The van der Waals surface area contributed by atoms with Crippen LogP contribution in [0.5, 0.6) is 11.5 Å². The van der Waals surface area contributed by atoms with Gasteiger partial charge in [-0.15, -0.1) is 5.10 Å². The molecular weight excluding hydrogens is 512 g/mol. The van der Waals surface area contributed by atoms with Crippen molar-refractivity contribution in [2.75, 3.05) is 24.8 Å². The highest BCUT2D eigenvalue weighted by Gasteiger charge is 2.35. The molecule has 4 rings (SSSR count). The van der Waals surface area contributed by atoms with Gasteiger partial charge in [-0.1, -0.05) is 74.3 Å². The Hall–Kier alpha value is -3.46. The summed E-state index contributed by atoms with van der Waals surface area (Å²) in [5.74, 6) is 2.37. The van der Waals surface area contributed by atoms with E-state index in [4.69, 9.17) is 24.3 Å². The molecule has 1 unspecified atom stereocenters. The van der Waals surface area contributed by atoms with E-state index in [0.29, 0.717) is 47.1 Å². The molecule has 0 amide bonds. The maximum Gasteiger partial charge on any atom is 0.338 e. The van der Waals surface area contributed by atoms with Gasteiger partial charge in [0.2, 0.25) is 11.1 Å². The normalized spacial score (nSPS) is 14.5. The van der Waals surface area contributed by atoms with Crippen LogP contribution < -0.4 is 14.8 Å². The highest BCUT2D eigenvalue weighted by molar-refractivity contribution is 7.99. The molecule has 1 aromatic heterocycles. The Morgan fingerprint density at radius 1 is 1.05 bits per heavy atom. The van der Waals surface area contributed by atoms with E-state index in [0.717, 1.165) is 42.6 Å². The maximum atomic E-state index is 13.4. The molecule has 0 fully saturated rings. The first-order valence-electron chi connectivity index (χ1n) is 13.6. The van der Waals surface area contributed by atoms with Crippen LogP contribution in [0.15, 0.2) is 58.9 Å². The second-order valence-corrected chi connectivity index (χ2v) is 10.7. The molecule has 8 nitrogen and oxygen atoms in total. The van der Waals surface area contributed by atoms with Gasteiger partial charge in [-0.3, -0.25) is 0 Å². The standard InChI is InChI=1S/C30H38N4O4S/c1-6-8-16-37-28(35)26-21(4)31-29-32-30(39-17-9-7-2)33-34(29)27(26)23-14-15-24(25(18-23)36-5)38-19-22-12-10-20(3)11-13-22/h10-15,18,27H,6-9,16-17,19H2,1-5H3,(H,31,32,33). The SMILES string of the molecule is CCCCOC(=O)C1=C(C)Nc2nc(SCCCC)nn2C1c1ccc(OCc2ccc(C)cc2)c(OC)c1. The minimum Gasteiger partial charge on any atom is -0.493 e. The van der Waals surface area contributed by atoms with Gasteiger partial charge < -0.3 is 19.5 Å². The quantitative estimate of drug-likeness (QED) is 0.143. The fourth-order valence-electron chi connectivity index (χ4n) is 4.28. The molecule has 0 spiro atoms. The van der Waals surface area contributed by atoms with Gasteiger partial charge in [0.1, 0.15) is 12.6 Å². The van der Waals surface area contributed by atoms with Crippen LogP contribution in [0.1, 0.15) is 69.2 Å². The lowest BCUT2D eigenvalue weighted by Gasteiger charge is -2.28. The number of thioether (sulfide) groups is 1. The number of aromatic nitrogens is 3. The summed E-state index contributed by atoms with van der Waals surface area (Å²) >= 11 is 1.62. The van der Waals surface area contributed by atoms with Gasteiger partial charge in [0.25, 0.3) is 0 Å². The Labute approximate surface area is 235 Å². The molecule has 1 atom stereocenters. The largest absolute Gasteiger partial charge is 0.493 e. The van der Waals surface area contributed by atoms with Crippen LogP contribution in [0.25, 0.3) is 0 Å². The minimum absolute atomic E-state index is 0.363. The van der Waals surface area contributed by atoms with Crippen LogP contribution >= 0.6 is 11.8 Å². The van der Waals surface area contributed by atoms with Crippen molar-refractivity contribution in [3.05, 3.63) is 70.4 Å². The lowest BCUT2D eigenvalue weighted by molar-refractivity contribution is -0.139. The van der Waals surface area contributed by atoms with Gasteiger partial charge >= 0.3 is 5.97 Å². The summed E-state index contributed by atoms with van der Waals surface area (Å²) in [4.78, 5) is 18.1. The van der Waals surface area contributed by atoms with Crippen molar-refractivity contribution in [2.24, 2.45) is 0 Å². The Morgan fingerprint density at radius 3 is 2.54 bits per heavy atom. The third kappa shape index (κ3) is 6.95. The number of nitrogens with zero attached hydrogens (tertiary/aromatic N) is 3. The third-order valence-corrected chi connectivity index (χ3v) is 7.46. The van der Waals surface area contributed by atoms with Crippen LogP contribution in [-0.4, -0.2) is 40.2 Å². The van der Waals surface area contributed by atoms with Gasteiger partial charge in [0.15, 0.2) is 11.5 Å². The Bertz CT molecular complexity index is 1300. The van der Waals surface area contributed by atoms with Crippen molar-refractivity contribution in [1.82, 2.24) is 14.8 Å². The van der Waals surface area contributed by atoms with Crippen molar-refractivity contribution in [3.8, 4) is 11.5 Å². The number of methoxy groups -OCH3 is 1. The zero-order chi connectivity index (χ0) is 27.8. The number of ether oxygens (including phenoxy) is 3. The number of hydrogen-bond acceptors (Lipinski definition) is 8. The van der Waals surface area contributed by atoms with Crippen molar-refractivity contribution < 1.29 is 19.0 Å². The first-order chi connectivity index (χ1) is 18.9.